The van der Waals surface area contributed by atoms with Crippen LogP contribution >= 0.6 is 0 Å². The molecule has 178 valence electrons. The molecule has 0 N–H and O–H groups in total. The molecule has 0 saturated carbocycles. The van der Waals surface area contributed by atoms with E-state index >= 15 is 0 Å². The minimum absolute atomic E-state index is 0.0336. The van der Waals surface area contributed by atoms with E-state index in [1.54, 1.807) is 37.3 Å². The van der Waals surface area contributed by atoms with Gasteiger partial charge in [0.1, 0.15) is 29.8 Å². The van der Waals surface area contributed by atoms with Crippen LogP contribution in [0.25, 0.3) is 10.8 Å². The van der Waals surface area contributed by atoms with Crippen molar-refractivity contribution in [1.82, 2.24) is 0 Å². The number of rotatable bonds is 3. The monoisotopic (exact) mass is 488 g/mol. The van der Waals surface area contributed by atoms with Gasteiger partial charge < -0.3 is 4.74 Å². The molecule has 4 rings (SSSR count). The SMILES string of the molecule is C/C=C/COc1cc(F)c(C#Cc2ccc(C#Cc3ccc4cc(F)c(F)cc4c3)c(F)c2)c(F)c1. The van der Waals surface area contributed by atoms with Crippen molar-refractivity contribution in [2.24, 2.45) is 0 Å². The number of allylic oxidation sites excluding steroid dienone is 1. The molecule has 4 aromatic carbocycles. The molecule has 0 fully saturated rings. The number of halogens is 5. The Bertz CT molecular complexity index is 1590. The zero-order valence-corrected chi connectivity index (χ0v) is 18.9. The highest BCUT2D eigenvalue weighted by molar-refractivity contribution is 5.84. The van der Waals surface area contributed by atoms with Gasteiger partial charge in [-0.15, -0.1) is 0 Å². The summed E-state index contributed by atoms with van der Waals surface area (Å²) >= 11 is 0. The maximum atomic E-state index is 14.6. The highest BCUT2D eigenvalue weighted by atomic mass is 19.2. The number of hydrogen-bond donors (Lipinski definition) is 0. The fourth-order valence-electron chi connectivity index (χ4n) is 3.28. The maximum Gasteiger partial charge on any atom is 0.159 e. The summed E-state index contributed by atoms with van der Waals surface area (Å²) in [6, 6.07) is 13.0. The molecule has 0 aliphatic carbocycles. The lowest BCUT2D eigenvalue weighted by Gasteiger charge is -2.05. The third-order valence-corrected chi connectivity index (χ3v) is 5.12. The van der Waals surface area contributed by atoms with Gasteiger partial charge in [0.05, 0.1) is 11.1 Å². The molecule has 0 heterocycles. The standard InChI is InChI=1S/C30H17F5O/c1-2-3-12-36-24-17-27(32)25(28(33)18-24)11-7-20-5-9-21(26(31)14-20)8-4-19-6-10-22-15-29(34)30(35)16-23(22)13-19/h2-3,5-6,9-10,13-18H,12H2,1H3/b3-2+. The van der Waals surface area contributed by atoms with Crippen LogP contribution in [0, 0.1) is 52.8 Å². The molecule has 0 saturated heterocycles. The van der Waals surface area contributed by atoms with Crippen LogP contribution in [0.5, 0.6) is 5.75 Å². The largest absolute Gasteiger partial charge is 0.489 e. The Balaban J connectivity index is 1.54. The summed E-state index contributed by atoms with van der Waals surface area (Å²) in [5.41, 5.74) is 0.311. The Morgan fingerprint density at radius 3 is 1.97 bits per heavy atom. The summed E-state index contributed by atoms with van der Waals surface area (Å²) in [5.74, 6) is 6.09. The van der Waals surface area contributed by atoms with Crippen molar-refractivity contribution in [3.63, 3.8) is 0 Å². The van der Waals surface area contributed by atoms with Crippen LogP contribution in [0.15, 0.2) is 72.8 Å². The van der Waals surface area contributed by atoms with Gasteiger partial charge in [-0.1, -0.05) is 41.9 Å². The predicted molar refractivity (Wildman–Crippen MR) is 129 cm³/mol. The summed E-state index contributed by atoms with van der Waals surface area (Å²) in [7, 11) is 0. The minimum Gasteiger partial charge on any atom is -0.489 e. The van der Waals surface area contributed by atoms with Crippen molar-refractivity contribution in [3.05, 3.63) is 124 Å². The summed E-state index contributed by atoms with van der Waals surface area (Å²) in [5, 5.41) is 0.973. The third kappa shape index (κ3) is 5.74. The van der Waals surface area contributed by atoms with Crippen molar-refractivity contribution in [2.45, 2.75) is 6.92 Å². The normalized spacial score (nSPS) is 10.6. The molecule has 0 unspecified atom stereocenters. The second kappa shape index (κ2) is 10.8. The fourth-order valence-corrected chi connectivity index (χ4v) is 3.28. The second-order valence-electron chi connectivity index (χ2n) is 7.66. The first kappa shape index (κ1) is 24.6. The van der Waals surface area contributed by atoms with Gasteiger partial charge in [-0.3, -0.25) is 0 Å². The van der Waals surface area contributed by atoms with E-state index in [2.05, 4.69) is 23.7 Å². The van der Waals surface area contributed by atoms with Crippen LogP contribution in [0.2, 0.25) is 0 Å². The Morgan fingerprint density at radius 1 is 0.639 bits per heavy atom. The molecule has 36 heavy (non-hydrogen) atoms. The van der Waals surface area contributed by atoms with Crippen molar-refractivity contribution in [1.29, 1.82) is 0 Å². The Hall–Kier alpha value is -4.55. The van der Waals surface area contributed by atoms with E-state index in [0.717, 1.165) is 30.3 Å². The van der Waals surface area contributed by atoms with Gasteiger partial charge in [-0.05, 0) is 60.2 Å². The molecule has 0 atom stereocenters. The summed E-state index contributed by atoms with van der Waals surface area (Å²) in [6.07, 6.45) is 3.44. The average Bonchev–Trinajstić information content (AvgIpc) is 2.84. The highest BCUT2D eigenvalue weighted by Crippen LogP contribution is 2.21. The Labute approximate surface area is 204 Å². The lowest BCUT2D eigenvalue weighted by atomic mass is 10.1. The lowest BCUT2D eigenvalue weighted by Crippen LogP contribution is -1.97. The summed E-state index contributed by atoms with van der Waals surface area (Å²) < 4.78 is 75.2. The van der Waals surface area contributed by atoms with E-state index in [-0.39, 0.29) is 23.5 Å². The quantitative estimate of drug-likeness (QED) is 0.167. The topological polar surface area (TPSA) is 9.23 Å². The first-order valence-corrected chi connectivity index (χ1v) is 10.8. The first-order valence-electron chi connectivity index (χ1n) is 10.8. The molecule has 4 aromatic rings. The number of benzene rings is 4. The minimum atomic E-state index is -0.969. The van der Waals surface area contributed by atoms with Gasteiger partial charge in [0.2, 0.25) is 0 Å². The molecule has 6 heteroatoms. The molecule has 0 amide bonds. The zero-order chi connectivity index (χ0) is 25.7. The van der Waals surface area contributed by atoms with Gasteiger partial charge in [-0.25, -0.2) is 22.0 Å². The van der Waals surface area contributed by atoms with Crippen LogP contribution in [0.3, 0.4) is 0 Å². The Morgan fingerprint density at radius 2 is 1.28 bits per heavy atom. The molecule has 0 aliphatic rings. The van der Waals surface area contributed by atoms with E-state index < -0.39 is 34.6 Å². The van der Waals surface area contributed by atoms with Crippen LogP contribution in [0.4, 0.5) is 22.0 Å². The molecule has 0 bridgehead atoms. The number of hydrogen-bond acceptors (Lipinski definition) is 1. The van der Waals surface area contributed by atoms with Gasteiger partial charge >= 0.3 is 0 Å². The predicted octanol–water partition coefficient (Wildman–Crippen LogP) is 7.29. The van der Waals surface area contributed by atoms with Crippen LogP contribution < -0.4 is 4.74 Å². The smallest absolute Gasteiger partial charge is 0.159 e. The number of fused-ring (bicyclic) bond motifs is 1. The average molecular weight is 488 g/mol. The maximum absolute atomic E-state index is 14.6. The van der Waals surface area contributed by atoms with E-state index in [9.17, 15) is 22.0 Å². The second-order valence-corrected chi connectivity index (χ2v) is 7.66. The molecular formula is C30H17F5O. The van der Waals surface area contributed by atoms with Crippen LogP contribution in [0.1, 0.15) is 29.2 Å². The highest BCUT2D eigenvalue weighted by Gasteiger charge is 2.10. The van der Waals surface area contributed by atoms with E-state index in [1.807, 2.05) is 0 Å². The van der Waals surface area contributed by atoms with Gasteiger partial charge in [-0.2, -0.15) is 0 Å². The van der Waals surface area contributed by atoms with Crippen LogP contribution in [-0.4, -0.2) is 6.61 Å². The van der Waals surface area contributed by atoms with Crippen LogP contribution in [-0.2, 0) is 0 Å². The summed E-state index contributed by atoms with van der Waals surface area (Å²) in [4.78, 5) is 0. The van der Waals surface area contributed by atoms with E-state index in [1.165, 1.54) is 12.1 Å². The van der Waals surface area contributed by atoms with Gasteiger partial charge in [0.15, 0.2) is 11.6 Å². The zero-order valence-electron chi connectivity index (χ0n) is 18.9. The van der Waals surface area contributed by atoms with Crippen molar-refractivity contribution < 1.29 is 26.7 Å². The van der Waals surface area contributed by atoms with Gasteiger partial charge in [0, 0.05) is 23.3 Å². The summed E-state index contributed by atoms with van der Waals surface area (Å²) in [6.45, 7) is 1.97. The van der Waals surface area contributed by atoms with E-state index in [0.29, 0.717) is 16.3 Å². The molecule has 0 spiro atoms. The Kier molecular flexibility index (Phi) is 7.37. The number of ether oxygens (including phenoxy) is 1. The molecule has 0 aliphatic heterocycles. The third-order valence-electron chi connectivity index (χ3n) is 5.12. The first-order chi connectivity index (χ1) is 17.3. The van der Waals surface area contributed by atoms with Gasteiger partial charge in [0.25, 0.3) is 0 Å². The lowest BCUT2D eigenvalue weighted by molar-refractivity contribution is 0.357. The molecule has 0 aromatic heterocycles. The van der Waals surface area contributed by atoms with Crippen molar-refractivity contribution in [2.75, 3.05) is 6.61 Å². The fraction of sp³-hybridized carbons (Fsp3) is 0.0667. The van der Waals surface area contributed by atoms with E-state index in [4.69, 9.17) is 4.74 Å². The van der Waals surface area contributed by atoms with Crippen molar-refractivity contribution in [3.8, 4) is 29.4 Å². The molecule has 1 nitrogen and oxygen atoms in total. The molecular weight excluding hydrogens is 471 g/mol. The molecule has 0 radical (unpaired) electrons. The van der Waals surface area contributed by atoms with Crippen molar-refractivity contribution >= 4 is 10.8 Å².